The molecule has 1 unspecified atom stereocenters. The molecule has 1 N–H and O–H groups in total. The van der Waals surface area contributed by atoms with Crippen LogP contribution >= 0.6 is 0 Å². The third-order valence-corrected chi connectivity index (χ3v) is 7.06. The molecule has 0 fully saturated rings. The summed E-state index contributed by atoms with van der Waals surface area (Å²) in [5, 5.41) is 11.8. The van der Waals surface area contributed by atoms with E-state index in [1.807, 2.05) is 24.3 Å². The minimum absolute atomic E-state index is 0.0342. The number of benzene rings is 3. The molecule has 1 amide bonds. The number of Topliss-reactive ketones (excluding diaryl/α,β-unsaturated/α-hetero) is 1. The van der Waals surface area contributed by atoms with E-state index < -0.39 is 29.5 Å². The maximum atomic E-state index is 13.9. The number of amides is 1. The van der Waals surface area contributed by atoms with Crippen molar-refractivity contribution in [2.45, 2.75) is 32.2 Å². The number of anilines is 1. The van der Waals surface area contributed by atoms with Gasteiger partial charge in [0.2, 0.25) is 5.78 Å². The molecule has 0 radical (unpaired) electrons. The number of furan rings is 1. The van der Waals surface area contributed by atoms with Crippen molar-refractivity contribution in [2.24, 2.45) is 0 Å². The number of ether oxygens (including phenoxy) is 2. The van der Waals surface area contributed by atoms with Crippen molar-refractivity contribution in [3.8, 4) is 5.75 Å². The minimum Gasteiger partial charge on any atom is -0.503 e. The summed E-state index contributed by atoms with van der Waals surface area (Å²) in [6.45, 7) is 6.27. The molecule has 5 rings (SSSR count). The van der Waals surface area contributed by atoms with Crippen molar-refractivity contribution in [2.75, 3.05) is 19.1 Å². The molecule has 4 aromatic rings. The van der Waals surface area contributed by atoms with Gasteiger partial charge in [0.25, 0.3) is 5.91 Å². The highest BCUT2D eigenvalue weighted by molar-refractivity contribution is 6.20. The van der Waals surface area contributed by atoms with Gasteiger partial charge in [-0.1, -0.05) is 57.2 Å². The fraction of sp³-hybridized carbons (Fsp3) is 0.219. The Labute approximate surface area is 231 Å². The molecule has 1 aliphatic heterocycles. The van der Waals surface area contributed by atoms with E-state index in [2.05, 4.69) is 20.8 Å². The lowest BCUT2D eigenvalue weighted by molar-refractivity contribution is -0.117. The SMILES string of the molecule is COC(=O)c1ccc(N2C(=O)C(O)=C(C(=O)c3cc4cccc(OC)c4o3)C2c2ccc(C(C)(C)C)cc2)cc1. The number of rotatable bonds is 6. The molecule has 1 aliphatic rings. The van der Waals surface area contributed by atoms with Crippen LogP contribution in [0.2, 0.25) is 0 Å². The molecular weight excluding hydrogens is 510 g/mol. The molecule has 40 heavy (non-hydrogen) atoms. The van der Waals surface area contributed by atoms with Crippen molar-refractivity contribution in [1.29, 1.82) is 0 Å². The Morgan fingerprint density at radius 1 is 0.950 bits per heavy atom. The molecular formula is C32H29NO7. The molecule has 0 saturated heterocycles. The zero-order valence-electron chi connectivity index (χ0n) is 22.8. The number of nitrogens with zero attached hydrogens (tertiary/aromatic N) is 1. The molecule has 1 aromatic heterocycles. The molecule has 3 aromatic carbocycles. The summed E-state index contributed by atoms with van der Waals surface area (Å²) in [6.07, 6.45) is 0. The van der Waals surface area contributed by atoms with Crippen LogP contribution in [0.15, 0.2) is 88.5 Å². The van der Waals surface area contributed by atoms with Crippen molar-refractivity contribution < 1.29 is 33.4 Å². The predicted molar refractivity (Wildman–Crippen MR) is 150 cm³/mol. The van der Waals surface area contributed by atoms with Crippen molar-refractivity contribution in [1.82, 2.24) is 0 Å². The molecule has 8 nitrogen and oxygen atoms in total. The lowest BCUT2D eigenvalue weighted by Gasteiger charge is -2.28. The van der Waals surface area contributed by atoms with E-state index in [9.17, 15) is 19.5 Å². The number of ketones is 1. The van der Waals surface area contributed by atoms with Gasteiger partial charge in [-0.3, -0.25) is 14.5 Å². The van der Waals surface area contributed by atoms with E-state index in [0.29, 0.717) is 33.5 Å². The van der Waals surface area contributed by atoms with Gasteiger partial charge in [-0.05, 0) is 52.9 Å². The van der Waals surface area contributed by atoms with E-state index in [0.717, 1.165) is 5.56 Å². The predicted octanol–water partition coefficient (Wildman–Crippen LogP) is 6.31. The Morgan fingerprint density at radius 2 is 1.62 bits per heavy atom. The van der Waals surface area contributed by atoms with Crippen LogP contribution < -0.4 is 9.64 Å². The van der Waals surface area contributed by atoms with Gasteiger partial charge in [-0.15, -0.1) is 0 Å². The zero-order valence-corrected chi connectivity index (χ0v) is 22.8. The summed E-state index contributed by atoms with van der Waals surface area (Å²) in [4.78, 5) is 40.8. The van der Waals surface area contributed by atoms with E-state index in [1.165, 1.54) is 31.3 Å². The molecule has 0 aliphatic carbocycles. The monoisotopic (exact) mass is 539 g/mol. The lowest BCUT2D eigenvalue weighted by Crippen LogP contribution is -2.31. The number of hydrogen-bond acceptors (Lipinski definition) is 7. The Bertz CT molecular complexity index is 1650. The summed E-state index contributed by atoms with van der Waals surface area (Å²) in [5.74, 6) is -2.13. The summed E-state index contributed by atoms with van der Waals surface area (Å²) in [6, 6.07) is 19.7. The fourth-order valence-corrected chi connectivity index (χ4v) is 4.90. The first-order valence-electron chi connectivity index (χ1n) is 12.7. The average molecular weight is 540 g/mol. The Kier molecular flexibility index (Phi) is 6.71. The molecule has 1 atom stereocenters. The number of fused-ring (bicyclic) bond motifs is 1. The van der Waals surface area contributed by atoms with Gasteiger partial charge in [0, 0.05) is 11.1 Å². The standard InChI is InChI=1S/C32H29NO7/c1-32(2,3)21-13-9-18(10-14-21)26-25(27(34)24-17-20-7-6-8-23(38-4)29(20)40-24)28(35)30(36)33(26)22-15-11-19(12-16-22)31(37)39-5/h6-17,26,35H,1-5H3. The smallest absolute Gasteiger partial charge is 0.337 e. The third kappa shape index (κ3) is 4.51. The van der Waals surface area contributed by atoms with Crippen LogP contribution in [0.25, 0.3) is 11.0 Å². The molecule has 2 heterocycles. The van der Waals surface area contributed by atoms with Crippen LogP contribution in [-0.2, 0) is 14.9 Å². The van der Waals surface area contributed by atoms with Gasteiger partial charge in [-0.2, -0.15) is 0 Å². The first kappa shape index (κ1) is 26.7. The van der Waals surface area contributed by atoms with Crippen LogP contribution in [0.5, 0.6) is 5.75 Å². The number of hydrogen-bond donors (Lipinski definition) is 1. The molecule has 0 saturated carbocycles. The maximum Gasteiger partial charge on any atom is 0.337 e. The second kappa shape index (κ2) is 10.0. The lowest BCUT2D eigenvalue weighted by atomic mass is 9.85. The normalized spacial score (nSPS) is 15.6. The third-order valence-electron chi connectivity index (χ3n) is 7.06. The number of aliphatic hydroxyl groups is 1. The Hall–Kier alpha value is -4.85. The second-order valence-corrected chi connectivity index (χ2v) is 10.6. The molecule has 8 heteroatoms. The number of carbonyl (C=O) groups is 3. The van der Waals surface area contributed by atoms with E-state index in [4.69, 9.17) is 13.9 Å². The fourth-order valence-electron chi connectivity index (χ4n) is 4.90. The topological polar surface area (TPSA) is 106 Å². The highest BCUT2D eigenvalue weighted by Crippen LogP contribution is 2.43. The van der Waals surface area contributed by atoms with Gasteiger partial charge < -0.3 is 19.0 Å². The highest BCUT2D eigenvalue weighted by atomic mass is 16.5. The number of para-hydroxylation sites is 1. The van der Waals surface area contributed by atoms with Crippen LogP contribution in [0.3, 0.4) is 0 Å². The summed E-state index contributed by atoms with van der Waals surface area (Å²) in [7, 11) is 2.79. The summed E-state index contributed by atoms with van der Waals surface area (Å²) >= 11 is 0. The Morgan fingerprint density at radius 3 is 2.23 bits per heavy atom. The first-order valence-corrected chi connectivity index (χ1v) is 12.7. The van der Waals surface area contributed by atoms with Crippen molar-refractivity contribution in [3.63, 3.8) is 0 Å². The second-order valence-electron chi connectivity index (χ2n) is 10.6. The summed E-state index contributed by atoms with van der Waals surface area (Å²) in [5.41, 5.74) is 2.55. The number of carbonyl (C=O) groups excluding carboxylic acids is 3. The quantitative estimate of drug-likeness (QED) is 0.226. The van der Waals surface area contributed by atoms with E-state index in [-0.39, 0.29) is 16.7 Å². The molecule has 204 valence electrons. The number of esters is 1. The van der Waals surface area contributed by atoms with Crippen LogP contribution in [0, 0.1) is 0 Å². The highest BCUT2D eigenvalue weighted by Gasteiger charge is 2.45. The number of methoxy groups -OCH3 is 2. The van der Waals surface area contributed by atoms with Gasteiger partial charge in [-0.25, -0.2) is 4.79 Å². The van der Waals surface area contributed by atoms with Crippen LogP contribution in [0.1, 0.15) is 58.9 Å². The maximum absolute atomic E-state index is 13.9. The van der Waals surface area contributed by atoms with E-state index in [1.54, 1.807) is 36.4 Å². The average Bonchev–Trinajstić information content (AvgIpc) is 3.51. The largest absolute Gasteiger partial charge is 0.503 e. The first-order chi connectivity index (χ1) is 19.0. The van der Waals surface area contributed by atoms with Crippen molar-refractivity contribution >= 4 is 34.3 Å². The van der Waals surface area contributed by atoms with Crippen LogP contribution in [-0.4, -0.2) is 37.0 Å². The summed E-state index contributed by atoms with van der Waals surface area (Å²) < 4.78 is 16.0. The zero-order chi connectivity index (χ0) is 28.8. The molecule has 0 spiro atoms. The van der Waals surface area contributed by atoms with E-state index >= 15 is 0 Å². The molecule has 0 bridgehead atoms. The van der Waals surface area contributed by atoms with Gasteiger partial charge in [0.05, 0.1) is 31.4 Å². The van der Waals surface area contributed by atoms with Crippen molar-refractivity contribution in [3.05, 3.63) is 107 Å². The van der Waals surface area contributed by atoms with Gasteiger partial charge >= 0.3 is 5.97 Å². The minimum atomic E-state index is -0.951. The van der Waals surface area contributed by atoms with Crippen LogP contribution in [0.4, 0.5) is 5.69 Å². The number of aliphatic hydroxyl groups excluding tert-OH is 1. The van der Waals surface area contributed by atoms with Gasteiger partial charge in [0.1, 0.15) is 0 Å². The Balaban J connectivity index is 1.63. The van der Waals surface area contributed by atoms with Gasteiger partial charge in [0.15, 0.2) is 22.9 Å².